The summed E-state index contributed by atoms with van der Waals surface area (Å²) in [6.45, 7) is 0. The highest BCUT2D eigenvalue weighted by molar-refractivity contribution is 8.14. The molecule has 1 aliphatic heterocycles. The van der Waals surface area contributed by atoms with Crippen LogP contribution in [0.5, 0.6) is 5.88 Å². The van der Waals surface area contributed by atoms with Gasteiger partial charge in [-0.3, -0.25) is 4.79 Å². The second-order valence-electron chi connectivity index (χ2n) is 6.14. The van der Waals surface area contributed by atoms with E-state index in [4.69, 9.17) is 4.74 Å². The predicted molar refractivity (Wildman–Crippen MR) is 107 cm³/mol. The first-order valence-corrected chi connectivity index (χ1v) is 9.54. The van der Waals surface area contributed by atoms with Gasteiger partial charge in [-0.2, -0.15) is 5.10 Å². The molecular formula is C21H15F2N3O2S. The summed E-state index contributed by atoms with van der Waals surface area (Å²) in [6, 6.07) is 14.8. The Hall–Kier alpha value is -3.26. The first-order chi connectivity index (χ1) is 14.1. The van der Waals surface area contributed by atoms with Crippen molar-refractivity contribution >= 4 is 22.7 Å². The minimum atomic E-state index is -0.575. The molecule has 5 nitrogen and oxygen atoms in total. The Labute approximate surface area is 170 Å². The molecule has 146 valence electrons. The highest BCUT2D eigenvalue weighted by Crippen LogP contribution is 2.44. The van der Waals surface area contributed by atoms with Gasteiger partial charge in [0.25, 0.3) is 5.91 Å². The van der Waals surface area contributed by atoms with Gasteiger partial charge in [0.15, 0.2) is 0 Å². The fourth-order valence-corrected chi connectivity index (χ4v) is 4.08. The van der Waals surface area contributed by atoms with Crippen molar-refractivity contribution in [1.82, 2.24) is 9.99 Å². The third-order valence-electron chi connectivity index (χ3n) is 4.27. The molecule has 0 radical (unpaired) electrons. The molecule has 0 saturated carbocycles. The van der Waals surface area contributed by atoms with Crippen molar-refractivity contribution in [2.75, 3.05) is 7.11 Å². The van der Waals surface area contributed by atoms with Crippen LogP contribution < -0.4 is 4.74 Å². The molecule has 0 fully saturated rings. The smallest absolute Gasteiger partial charge is 0.275 e. The largest absolute Gasteiger partial charge is 0.481 e. The van der Waals surface area contributed by atoms with Crippen LogP contribution in [0, 0.1) is 11.6 Å². The molecule has 0 saturated heterocycles. The van der Waals surface area contributed by atoms with Gasteiger partial charge < -0.3 is 4.74 Å². The number of nitrogens with zero attached hydrogens (tertiary/aromatic N) is 3. The molecule has 2 heterocycles. The molecule has 1 amide bonds. The van der Waals surface area contributed by atoms with Gasteiger partial charge in [-0.05, 0) is 54.6 Å². The number of pyridine rings is 1. The van der Waals surface area contributed by atoms with Crippen LogP contribution in [0.4, 0.5) is 8.78 Å². The number of benzene rings is 2. The molecule has 8 heteroatoms. The van der Waals surface area contributed by atoms with Gasteiger partial charge >= 0.3 is 0 Å². The average molecular weight is 411 g/mol. The van der Waals surface area contributed by atoms with E-state index in [1.807, 2.05) is 0 Å². The first kappa shape index (κ1) is 19.1. The standard InChI is InChI=1S/C21H15F2N3O2S/c1-28-18-17(6-3-11-24-18)21-26(20(27)14-4-2-5-16(23)12-14)25-19(29-21)13-7-9-15(22)10-8-13/h2-12,21H,1H3. The quantitative estimate of drug-likeness (QED) is 0.629. The molecule has 0 aliphatic carbocycles. The molecule has 1 atom stereocenters. The highest BCUT2D eigenvalue weighted by atomic mass is 32.2. The summed E-state index contributed by atoms with van der Waals surface area (Å²) in [4.78, 5) is 17.3. The van der Waals surface area contributed by atoms with Crippen LogP contribution in [-0.2, 0) is 0 Å². The van der Waals surface area contributed by atoms with E-state index in [-0.39, 0.29) is 11.4 Å². The summed E-state index contributed by atoms with van der Waals surface area (Å²) in [7, 11) is 1.49. The number of carbonyl (C=O) groups is 1. The van der Waals surface area contributed by atoms with Crippen LogP contribution in [0.15, 0.2) is 72.0 Å². The number of amides is 1. The number of ether oxygens (including phenoxy) is 1. The number of rotatable bonds is 4. The molecule has 0 N–H and O–H groups in total. The van der Waals surface area contributed by atoms with Gasteiger partial charge in [-0.1, -0.05) is 17.8 Å². The minimum absolute atomic E-state index is 0.169. The van der Waals surface area contributed by atoms with Crippen molar-refractivity contribution < 1.29 is 18.3 Å². The number of thioether (sulfide) groups is 1. The number of hydrazone groups is 1. The lowest BCUT2D eigenvalue weighted by Crippen LogP contribution is -2.26. The SMILES string of the molecule is COc1ncccc1C1SC(c2ccc(F)cc2)=NN1C(=O)c1cccc(F)c1. The second-order valence-corrected chi connectivity index (χ2v) is 7.21. The van der Waals surface area contributed by atoms with Crippen LogP contribution in [-0.4, -0.2) is 28.1 Å². The Balaban J connectivity index is 1.77. The lowest BCUT2D eigenvalue weighted by molar-refractivity contribution is 0.0747. The molecule has 0 bridgehead atoms. The fraction of sp³-hybridized carbons (Fsp3) is 0.0952. The van der Waals surface area contributed by atoms with Crippen LogP contribution in [0.3, 0.4) is 0 Å². The summed E-state index contributed by atoms with van der Waals surface area (Å²) < 4.78 is 32.3. The lowest BCUT2D eigenvalue weighted by atomic mass is 10.2. The van der Waals surface area contributed by atoms with Crippen molar-refractivity contribution in [2.45, 2.75) is 5.37 Å². The van der Waals surface area contributed by atoms with E-state index in [1.54, 1.807) is 30.5 Å². The predicted octanol–water partition coefficient (Wildman–Crippen LogP) is 4.62. The van der Waals surface area contributed by atoms with E-state index in [0.29, 0.717) is 22.1 Å². The van der Waals surface area contributed by atoms with Gasteiger partial charge in [-0.15, -0.1) is 0 Å². The molecule has 4 rings (SSSR count). The Bertz CT molecular complexity index is 1090. The van der Waals surface area contributed by atoms with Crippen molar-refractivity contribution in [3.63, 3.8) is 0 Å². The Morgan fingerprint density at radius 2 is 1.86 bits per heavy atom. The fourth-order valence-electron chi connectivity index (χ4n) is 2.91. The molecular weight excluding hydrogens is 396 g/mol. The molecule has 3 aromatic rings. The number of carbonyl (C=O) groups excluding carboxylic acids is 1. The molecule has 1 aliphatic rings. The van der Waals surface area contributed by atoms with Crippen LogP contribution in [0.1, 0.15) is 26.9 Å². The number of aromatic nitrogens is 1. The topological polar surface area (TPSA) is 54.8 Å². The van der Waals surface area contributed by atoms with Crippen molar-refractivity contribution in [3.05, 3.63) is 95.2 Å². The van der Waals surface area contributed by atoms with Gasteiger partial charge in [0.1, 0.15) is 22.1 Å². The number of methoxy groups -OCH3 is 1. The van der Waals surface area contributed by atoms with E-state index in [9.17, 15) is 13.6 Å². The van der Waals surface area contributed by atoms with Crippen LogP contribution >= 0.6 is 11.8 Å². The Kier molecular flexibility index (Phi) is 5.26. The Morgan fingerprint density at radius 3 is 2.59 bits per heavy atom. The number of hydrogen-bond acceptors (Lipinski definition) is 5. The minimum Gasteiger partial charge on any atom is -0.481 e. The first-order valence-electron chi connectivity index (χ1n) is 8.66. The summed E-state index contributed by atoms with van der Waals surface area (Å²) in [5.74, 6) is -0.987. The number of hydrogen-bond donors (Lipinski definition) is 0. The van der Waals surface area contributed by atoms with E-state index in [1.165, 1.54) is 54.2 Å². The van der Waals surface area contributed by atoms with Crippen LogP contribution in [0.2, 0.25) is 0 Å². The zero-order chi connectivity index (χ0) is 20.4. The van der Waals surface area contributed by atoms with E-state index < -0.39 is 17.1 Å². The maximum Gasteiger partial charge on any atom is 0.275 e. The molecule has 2 aromatic carbocycles. The van der Waals surface area contributed by atoms with Crippen molar-refractivity contribution in [1.29, 1.82) is 0 Å². The third-order valence-corrected chi connectivity index (χ3v) is 5.49. The number of halogens is 2. The lowest BCUT2D eigenvalue weighted by Gasteiger charge is -2.22. The maximum absolute atomic E-state index is 13.7. The summed E-state index contributed by atoms with van der Waals surface area (Å²) in [5, 5.41) is 5.70. The molecule has 1 unspecified atom stereocenters. The summed E-state index contributed by atoms with van der Waals surface area (Å²) >= 11 is 1.31. The zero-order valence-corrected chi connectivity index (χ0v) is 16.1. The summed E-state index contributed by atoms with van der Waals surface area (Å²) in [5.41, 5.74) is 1.48. The van der Waals surface area contributed by atoms with E-state index >= 15 is 0 Å². The normalized spacial score (nSPS) is 15.9. The van der Waals surface area contributed by atoms with E-state index in [2.05, 4.69) is 10.1 Å². The monoisotopic (exact) mass is 411 g/mol. The second kappa shape index (κ2) is 8.00. The van der Waals surface area contributed by atoms with Crippen molar-refractivity contribution in [2.24, 2.45) is 5.10 Å². The summed E-state index contributed by atoms with van der Waals surface area (Å²) in [6.07, 6.45) is 1.59. The van der Waals surface area contributed by atoms with Gasteiger partial charge in [0.05, 0.1) is 7.11 Å². The van der Waals surface area contributed by atoms with Crippen LogP contribution in [0.25, 0.3) is 0 Å². The van der Waals surface area contributed by atoms with Crippen molar-refractivity contribution in [3.8, 4) is 5.88 Å². The zero-order valence-electron chi connectivity index (χ0n) is 15.3. The van der Waals surface area contributed by atoms with Gasteiger partial charge in [-0.25, -0.2) is 18.8 Å². The highest BCUT2D eigenvalue weighted by Gasteiger charge is 2.36. The molecule has 1 aromatic heterocycles. The molecule has 29 heavy (non-hydrogen) atoms. The van der Waals surface area contributed by atoms with Gasteiger partial charge in [0, 0.05) is 22.9 Å². The third kappa shape index (κ3) is 3.84. The van der Waals surface area contributed by atoms with E-state index in [0.717, 1.165) is 6.07 Å². The van der Waals surface area contributed by atoms with Gasteiger partial charge in [0.2, 0.25) is 5.88 Å². The maximum atomic E-state index is 13.7. The molecule has 0 spiro atoms. The average Bonchev–Trinajstić information content (AvgIpc) is 3.19. The Morgan fingerprint density at radius 1 is 1.07 bits per heavy atom.